The minimum atomic E-state index is -0.756. The predicted molar refractivity (Wildman–Crippen MR) is 109 cm³/mol. The summed E-state index contributed by atoms with van der Waals surface area (Å²) in [5.41, 5.74) is 2.87. The SMILES string of the molecule is O=C(C=Cc1ccc(CN[C@H](C(=O)O)C2(C3CCCC3)CCCCC2)nc1)NO. The summed E-state index contributed by atoms with van der Waals surface area (Å²) in [5, 5.41) is 21.9. The number of nitrogens with zero attached hydrogens (tertiary/aromatic N) is 1. The first kappa shape index (κ1) is 21.5. The number of carboxylic acid groups (broad SMARTS) is 1. The predicted octanol–water partition coefficient (Wildman–Crippen LogP) is 3.28. The van der Waals surface area contributed by atoms with E-state index in [1.807, 2.05) is 12.1 Å². The van der Waals surface area contributed by atoms with Crippen LogP contribution in [-0.2, 0) is 16.1 Å². The van der Waals surface area contributed by atoms with Crippen molar-refractivity contribution in [1.29, 1.82) is 0 Å². The molecule has 0 bridgehead atoms. The number of nitrogens with one attached hydrogen (secondary N) is 2. The van der Waals surface area contributed by atoms with Crippen LogP contribution in [0.2, 0.25) is 0 Å². The Balaban J connectivity index is 1.69. The van der Waals surface area contributed by atoms with Crippen molar-refractivity contribution < 1.29 is 19.9 Å². The quantitative estimate of drug-likeness (QED) is 0.302. The lowest BCUT2D eigenvalue weighted by Gasteiger charge is -2.46. The third kappa shape index (κ3) is 5.22. The summed E-state index contributed by atoms with van der Waals surface area (Å²) in [6.07, 6.45) is 14.5. The largest absolute Gasteiger partial charge is 0.480 e. The minimum absolute atomic E-state index is 0.152. The fraction of sp³-hybridized carbons (Fsp3) is 0.591. The second-order valence-electron chi connectivity index (χ2n) is 8.32. The van der Waals surface area contributed by atoms with Crippen molar-refractivity contribution in [3.05, 3.63) is 35.7 Å². The van der Waals surface area contributed by atoms with E-state index in [0.29, 0.717) is 12.5 Å². The van der Waals surface area contributed by atoms with Crippen molar-refractivity contribution in [2.45, 2.75) is 70.4 Å². The Morgan fingerprint density at radius 1 is 1.17 bits per heavy atom. The van der Waals surface area contributed by atoms with E-state index in [9.17, 15) is 14.7 Å². The first-order valence-electron chi connectivity index (χ1n) is 10.6. The number of aromatic nitrogens is 1. The Morgan fingerprint density at radius 2 is 1.90 bits per heavy atom. The number of hydrogen-bond acceptors (Lipinski definition) is 5. The Morgan fingerprint density at radius 3 is 2.48 bits per heavy atom. The van der Waals surface area contributed by atoms with E-state index in [4.69, 9.17) is 5.21 Å². The first-order valence-corrected chi connectivity index (χ1v) is 10.6. The number of carboxylic acids is 1. The number of carbonyl (C=O) groups excluding carboxylic acids is 1. The van der Waals surface area contributed by atoms with E-state index in [1.165, 1.54) is 30.8 Å². The summed E-state index contributed by atoms with van der Waals surface area (Å²) < 4.78 is 0. The van der Waals surface area contributed by atoms with Gasteiger partial charge in [-0.1, -0.05) is 38.2 Å². The number of rotatable bonds is 8. The maximum atomic E-state index is 12.3. The van der Waals surface area contributed by atoms with Gasteiger partial charge in [-0.05, 0) is 54.7 Å². The second-order valence-corrected chi connectivity index (χ2v) is 8.32. The van der Waals surface area contributed by atoms with Gasteiger partial charge >= 0.3 is 5.97 Å². The van der Waals surface area contributed by atoms with E-state index in [2.05, 4.69) is 10.3 Å². The summed E-state index contributed by atoms with van der Waals surface area (Å²) in [6, 6.07) is 3.08. The van der Waals surface area contributed by atoms with Crippen LogP contribution >= 0.6 is 0 Å². The van der Waals surface area contributed by atoms with Gasteiger partial charge in [0, 0.05) is 18.8 Å². The molecular formula is C22H31N3O4. The first-order chi connectivity index (χ1) is 14.0. The van der Waals surface area contributed by atoms with E-state index < -0.39 is 17.9 Å². The number of carbonyl (C=O) groups is 2. The molecule has 2 saturated carbocycles. The fourth-order valence-corrected chi connectivity index (χ4v) is 5.23. The van der Waals surface area contributed by atoms with E-state index in [-0.39, 0.29) is 5.41 Å². The van der Waals surface area contributed by atoms with Crippen LogP contribution in [0.25, 0.3) is 6.08 Å². The van der Waals surface area contributed by atoms with Crippen LogP contribution in [0.5, 0.6) is 0 Å². The molecule has 0 radical (unpaired) electrons. The molecule has 0 saturated heterocycles. The summed E-state index contributed by atoms with van der Waals surface area (Å²) >= 11 is 0. The highest BCUT2D eigenvalue weighted by atomic mass is 16.5. The molecule has 0 aliphatic heterocycles. The van der Waals surface area contributed by atoms with Crippen LogP contribution in [-0.4, -0.2) is 33.2 Å². The molecule has 1 aromatic heterocycles. The third-order valence-electron chi connectivity index (χ3n) is 6.65. The normalized spacial score (nSPS) is 20.6. The van der Waals surface area contributed by atoms with Crippen molar-refractivity contribution in [2.75, 3.05) is 0 Å². The molecule has 0 unspecified atom stereocenters. The van der Waals surface area contributed by atoms with Crippen molar-refractivity contribution in [1.82, 2.24) is 15.8 Å². The van der Waals surface area contributed by atoms with Crippen LogP contribution < -0.4 is 10.8 Å². The van der Waals surface area contributed by atoms with E-state index in [0.717, 1.165) is 49.8 Å². The van der Waals surface area contributed by atoms with Gasteiger partial charge in [0.25, 0.3) is 5.91 Å². The van der Waals surface area contributed by atoms with Gasteiger partial charge in [0.2, 0.25) is 0 Å². The van der Waals surface area contributed by atoms with Crippen LogP contribution in [0.15, 0.2) is 24.4 Å². The van der Waals surface area contributed by atoms with Crippen molar-refractivity contribution in [3.8, 4) is 0 Å². The highest BCUT2D eigenvalue weighted by Crippen LogP contribution is 2.51. The molecule has 1 amide bonds. The molecule has 1 atom stereocenters. The zero-order valence-electron chi connectivity index (χ0n) is 16.8. The monoisotopic (exact) mass is 401 g/mol. The third-order valence-corrected chi connectivity index (χ3v) is 6.65. The molecule has 1 heterocycles. The van der Waals surface area contributed by atoms with Crippen molar-refractivity contribution >= 4 is 18.0 Å². The van der Waals surface area contributed by atoms with Gasteiger partial charge < -0.3 is 5.11 Å². The molecular weight excluding hydrogens is 370 g/mol. The zero-order chi connectivity index (χ0) is 20.7. The lowest BCUT2D eigenvalue weighted by molar-refractivity contribution is -0.146. The maximum Gasteiger partial charge on any atom is 0.321 e. The highest BCUT2D eigenvalue weighted by molar-refractivity contribution is 5.90. The van der Waals surface area contributed by atoms with Crippen LogP contribution in [0.4, 0.5) is 0 Å². The Bertz CT molecular complexity index is 720. The van der Waals surface area contributed by atoms with E-state index in [1.54, 1.807) is 12.3 Å². The lowest BCUT2D eigenvalue weighted by atomic mass is 9.61. The lowest BCUT2D eigenvalue weighted by Crippen LogP contribution is -2.54. The molecule has 29 heavy (non-hydrogen) atoms. The zero-order valence-corrected chi connectivity index (χ0v) is 16.8. The molecule has 2 aliphatic rings. The Kier molecular flexibility index (Phi) is 7.39. The van der Waals surface area contributed by atoms with Gasteiger partial charge in [0.1, 0.15) is 6.04 Å². The second kappa shape index (κ2) is 9.98. The number of aliphatic carboxylic acids is 1. The van der Waals surface area contributed by atoms with Gasteiger partial charge in [-0.15, -0.1) is 0 Å². The molecule has 0 aromatic carbocycles. The fourth-order valence-electron chi connectivity index (χ4n) is 5.23. The van der Waals surface area contributed by atoms with Gasteiger partial charge in [0.15, 0.2) is 0 Å². The minimum Gasteiger partial charge on any atom is -0.480 e. The molecule has 2 fully saturated rings. The smallest absolute Gasteiger partial charge is 0.321 e. The number of amides is 1. The number of hydroxylamine groups is 1. The van der Waals surface area contributed by atoms with Gasteiger partial charge in [-0.3, -0.25) is 25.1 Å². The molecule has 4 N–H and O–H groups in total. The summed E-state index contributed by atoms with van der Waals surface area (Å²) in [7, 11) is 0. The van der Waals surface area contributed by atoms with Gasteiger partial charge in [-0.25, -0.2) is 5.48 Å². The summed E-state index contributed by atoms with van der Waals surface area (Å²) in [4.78, 5) is 27.7. The summed E-state index contributed by atoms with van der Waals surface area (Å²) in [6.45, 7) is 0.395. The number of pyridine rings is 1. The molecule has 0 spiro atoms. The molecule has 158 valence electrons. The van der Waals surface area contributed by atoms with Crippen molar-refractivity contribution in [2.24, 2.45) is 11.3 Å². The molecule has 2 aliphatic carbocycles. The van der Waals surface area contributed by atoms with Crippen LogP contribution in [0, 0.1) is 11.3 Å². The Labute approximate surface area is 171 Å². The molecule has 7 nitrogen and oxygen atoms in total. The van der Waals surface area contributed by atoms with Crippen LogP contribution in [0.3, 0.4) is 0 Å². The van der Waals surface area contributed by atoms with Gasteiger partial charge in [0.05, 0.1) is 5.69 Å². The Hall–Kier alpha value is -2.25. The molecule has 3 rings (SSSR count). The molecule has 1 aromatic rings. The van der Waals surface area contributed by atoms with Crippen molar-refractivity contribution in [3.63, 3.8) is 0 Å². The average molecular weight is 402 g/mol. The van der Waals surface area contributed by atoms with Gasteiger partial charge in [-0.2, -0.15) is 0 Å². The summed E-state index contributed by atoms with van der Waals surface area (Å²) in [5.74, 6) is -0.868. The van der Waals surface area contributed by atoms with E-state index >= 15 is 0 Å². The number of hydrogen-bond donors (Lipinski definition) is 4. The van der Waals surface area contributed by atoms with Crippen LogP contribution in [0.1, 0.15) is 69.0 Å². The maximum absolute atomic E-state index is 12.3. The molecule has 7 heteroatoms. The average Bonchev–Trinajstić information content (AvgIpc) is 3.29. The topological polar surface area (TPSA) is 112 Å². The standard InChI is InChI=1S/C22H31N3O4/c26-19(25-29)11-9-16-8-10-18(23-14-16)15-24-20(21(27)28)22(12-4-1-5-13-22)17-6-2-3-7-17/h8-11,14,17,20,24,29H,1-7,12-13,15H2,(H,25,26)(H,27,28)/t20-/m1/s1. The highest BCUT2D eigenvalue weighted by Gasteiger charge is 2.49.